The molecule has 1 heterocycles. The van der Waals surface area contributed by atoms with E-state index in [4.69, 9.17) is 14.3 Å². The van der Waals surface area contributed by atoms with Crippen LogP contribution in [-0.4, -0.2) is 41.6 Å². The predicted octanol–water partition coefficient (Wildman–Crippen LogP) is 1.04. The lowest BCUT2D eigenvalue weighted by Crippen LogP contribution is -2.32. The molecule has 0 fully saturated rings. The molecule has 6 heteroatoms. The molecule has 1 aromatic heterocycles. The molecule has 0 saturated heterocycles. The van der Waals surface area contributed by atoms with Crippen LogP contribution in [0.25, 0.3) is 0 Å². The maximum atomic E-state index is 11.6. The molecule has 1 rings (SSSR count). The van der Waals surface area contributed by atoms with Crippen molar-refractivity contribution in [3.63, 3.8) is 0 Å². The van der Waals surface area contributed by atoms with Crippen molar-refractivity contribution in [3.05, 3.63) is 23.7 Å². The minimum Gasteiger partial charge on any atom is -0.479 e. The third-order valence-electron chi connectivity index (χ3n) is 2.42. The van der Waals surface area contributed by atoms with Gasteiger partial charge in [0.2, 0.25) is 5.91 Å². The van der Waals surface area contributed by atoms with Crippen LogP contribution < -0.4 is 0 Å². The van der Waals surface area contributed by atoms with Crippen LogP contribution in [0.15, 0.2) is 16.5 Å². The molecule has 0 aliphatic rings. The van der Waals surface area contributed by atoms with E-state index in [0.29, 0.717) is 12.3 Å². The van der Waals surface area contributed by atoms with Gasteiger partial charge in [-0.05, 0) is 26.0 Å². The van der Waals surface area contributed by atoms with Crippen molar-refractivity contribution in [1.82, 2.24) is 4.90 Å². The van der Waals surface area contributed by atoms with Crippen LogP contribution in [0.1, 0.15) is 18.4 Å². The number of carbonyl (C=O) groups is 2. The molecule has 1 atom stereocenters. The molecule has 0 spiro atoms. The first-order valence-corrected chi connectivity index (χ1v) is 5.54. The van der Waals surface area contributed by atoms with Gasteiger partial charge < -0.3 is 19.2 Å². The van der Waals surface area contributed by atoms with Crippen LogP contribution in [0, 0.1) is 6.92 Å². The van der Waals surface area contributed by atoms with Gasteiger partial charge >= 0.3 is 5.97 Å². The van der Waals surface area contributed by atoms with Gasteiger partial charge in [-0.25, -0.2) is 4.79 Å². The summed E-state index contributed by atoms with van der Waals surface area (Å²) in [5, 5.41) is 8.61. The Labute approximate surface area is 105 Å². The normalized spacial score (nSPS) is 12.2. The monoisotopic (exact) mass is 255 g/mol. The van der Waals surface area contributed by atoms with E-state index < -0.39 is 12.1 Å². The molecule has 1 N–H and O–H groups in total. The number of aliphatic carboxylic acids is 1. The van der Waals surface area contributed by atoms with E-state index in [2.05, 4.69) is 0 Å². The molecule has 100 valence electrons. The van der Waals surface area contributed by atoms with Crippen molar-refractivity contribution < 1.29 is 23.8 Å². The zero-order chi connectivity index (χ0) is 13.7. The van der Waals surface area contributed by atoms with Crippen LogP contribution in [0.4, 0.5) is 0 Å². The second-order valence-electron chi connectivity index (χ2n) is 4.05. The highest BCUT2D eigenvalue weighted by Gasteiger charge is 2.16. The fourth-order valence-electron chi connectivity index (χ4n) is 1.27. The molecule has 0 saturated carbocycles. The number of furan rings is 1. The summed E-state index contributed by atoms with van der Waals surface area (Å²) in [6, 6.07) is 3.61. The molecule has 0 aliphatic heterocycles. The smallest absolute Gasteiger partial charge is 0.332 e. The Morgan fingerprint density at radius 3 is 2.67 bits per heavy atom. The Hall–Kier alpha value is -1.82. The van der Waals surface area contributed by atoms with Gasteiger partial charge in [0.05, 0.1) is 6.54 Å². The average molecular weight is 255 g/mol. The van der Waals surface area contributed by atoms with E-state index in [1.54, 1.807) is 13.1 Å². The van der Waals surface area contributed by atoms with Crippen LogP contribution in [-0.2, 0) is 20.9 Å². The number of amides is 1. The highest BCUT2D eigenvalue weighted by molar-refractivity contribution is 5.78. The number of carboxylic acid groups (broad SMARTS) is 1. The summed E-state index contributed by atoms with van der Waals surface area (Å²) in [4.78, 5) is 23.6. The highest BCUT2D eigenvalue weighted by Crippen LogP contribution is 2.08. The lowest BCUT2D eigenvalue weighted by molar-refractivity contribution is -0.152. The molecule has 0 unspecified atom stereocenters. The summed E-state index contributed by atoms with van der Waals surface area (Å²) in [5.74, 6) is 0.0699. The number of rotatable bonds is 6. The largest absolute Gasteiger partial charge is 0.479 e. The van der Waals surface area contributed by atoms with E-state index in [0.717, 1.165) is 5.76 Å². The zero-order valence-electron chi connectivity index (χ0n) is 10.7. The molecule has 6 nitrogen and oxygen atoms in total. The summed E-state index contributed by atoms with van der Waals surface area (Å²) in [6.07, 6.45) is -0.992. The van der Waals surface area contributed by atoms with Gasteiger partial charge in [0.1, 0.15) is 18.1 Å². The van der Waals surface area contributed by atoms with Crippen LogP contribution in [0.2, 0.25) is 0 Å². The summed E-state index contributed by atoms with van der Waals surface area (Å²) >= 11 is 0. The second kappa shape index (κ2) is 6.20. The summed E-state index contributed by atoms with van der Waals surface area (Å²) in [6.45, 7) is 3.27. The quantitative estimate of drug-likeness (QED) is 0.821. The molecular weight excluding hydrogens is 238 g/mol. The number of nitrogens with zero attached hydrogens (tertiary/aromatic N) is 1. The number of carbonyl (C=O) groups excluding carboxylic acids is 1. The highest BCUT2D eigenvalue weighted by atomic mass is 16.5. The SMILES string of the molecule is Cc1ccc(CN(C)C(=O)CO[C@H](C)C(=O)O)o1. The van der Waals surface area contributed by atoms with Crippen LogP contribution in [0.3, 0.4) is 0 Å². The van der Waals surface area contributed by atoms with Crippen LogP contribution in [0.5, 0.6) is 0 Å². The van der Waals surface area contributed by atoms with E-state index in [1.807, 2.05) is 13.0 Å². The molecule has 1 aromatic rings. The lowest BCUT2D eigenvalue weighted by atomic mass is 10.4. The van der Waals surface area contributed by atoms with Gasteiger partial charge in [-0.15, -0.1) is 0 Å². The van der Waals surface area contributed by atoms with E-state index in [9.17, 15) is 9.59 Å². The standard InChI is InChI=1S/C12H17NO5/c1-8-4-5-10(18-8)6-13(3)11(14)7-17-9(2)12(15)16/h4-5,9H,6-7H2,1-3H3,(H,15,16)/t9-/m1/s1. The number of likely N-dealkylation sites (N-methyl/N-ethyl adjacent to an activating group) is 1. The third kappa shape index (κ3) is 4.21. The fourth-order valence-corrected chi connectivity index (χ4v) is 1.27. The van der Waals surface area contributed by atoms with Gasteiger partial charge in [0.25, 0.3) is 0 Å². The topological polar surface area (TPSA) is 80.0 Å². The van der Waals surface area contributed by atoms with Crippen molar-refractivity contribution in [3.8, 4) is 0 Å². The van der Waals surface area contributed by atoms with Gasteiger partial charge in [-0.1, -0.05) is 0 Å². The maximum Gasteiger partial charge on any atom is 0.332 e. The Kier molecular flexibility index (Phi) is 4.91. The molecule has 0 aromatic carbocycles. The first kappa shape index (κ1) is 14.2. The van der Waals surface area contributed by atoms with Gasteiger partial charge in [0.15, 0.2) is 6.10 Å². The summed E-state index contributed by atoms with van der Waals surface area (Å²) in [5.41, 5.74) is 0. The maximum absolute atomic E-state index is 11.6. The fraction of sp³-hybridized carbons (Fsp3) is 0.500. The first-order valence-electron chi connectivity index (χ1n) is 5.54. The summed E-state index contributed by atoms with van der Waals surface area (Å²) < 4.78 is 10.2. The van der Waals surface area contributed by atoms with E-state index >= 15 is 0 Å². The molecule has 0 aliphatic carbocycles. The third-order valence-corrected chi connectivity index (χ3v) is 2.42. The van der Waals surface area contributed by atoms with E-state index in [-0.39, 0.29) is 12.5 Å². The number of aryl methyl sites for hydroxylation is 1. The van der Waals surface area contributed by atoms with Crippen molar-refractivity contribution in [2.75, 3.05) is 13.7 Å². The van der Waals surface area contributed by atoms with Crippen LogP contribution >= 0.6 is 0 Å². The lowest BCUT2D eigenvalue weighted by Gasteiger charge is -2.16. The number of carboxylic acids is 1. The Morgan fingerprint density at radius 1 is 1.50 bits per heavy atom. The number of hydrogen-bond donors (Lipinski definition) is 1. The van der Waals surface area contributed by atoms with E-state index in [1.165, 1.54) is 11.8 Å². The van der Waals surface area contributed by atoms with Crippen molar-refractivity contribution in [2.45, 2.75) is 26.5 Å². The molecule has 0 radical (unpaired) electrons. The molecule has 18 heavy (non-hydrogen) atoms. The van der Waals surface area contributed by atoms with Gasteiger partial charge in [-0.3, -0.25) is 4.79 Å². The number of ether oxygens (including phenoxy) is 1. The second-order valence-corrected chi connectivity index (χ2v) is 4.05. The van der Waals surface area contributed by atoms with Crippen molar-refractivity contribution in [2.24, 2.45) is 0 Å². The zero-order valence-corrected chi connectivity index (χ0v) is 10.7. The first-order chi connectivity index (χ1) is 8.40. The molecule has 1 amide bonds. The Bertz CT molecular complexity index is 426. The Morgan fingerprint density at radius 2 is 2.17 bits per heavy atom. The van der Waals surface area contributed by atoms with Crippen molar-refractivity contribution in [1.29, 1.82) is 0 Å². The molecular formula is C12H17NO5. The Balaban J connectivity index is 2.39. The summed E-state index contributed by atoms with van der Waals surface area (Å²) in [7, 11) is 1.61. The van der Waals surface area contributed by atoms with Gasteiger partial charge in [-0.2, -0.15) is 0 Å². The molecule has 0 bridgehead atoms. The minimum atomic E-state index is -1.09. The van der Waals surface area contributed by atoms with Gasteiger partial charge in [0, 0.05) is 7.05 Å². The van der Waals surface area contributed by atoms with Crippen molar-refractivity contribution >= 4 is 11.9 Å². The average Bonchev–Trinajstić information content (AvgIpc) is 2.70. The number of hydrogen-bond acceptors (Lipinski definition) is 4. The minimum absolute atomic E-state index is 0.260. The predicted molar refractivity (Wildman–Crippen MR) is 63.0 cm³/mol.